The zero-order valence-electron chi connectivity index (χ0n) is 14.8. The number of nitrogens with one attached hydrogen (secondary N) is 1. The first-order valence-electron chi connectivity index (χ1n) is 8.60. The molecule has 3 aromatic rings. The van der Waals surface area contributed by atoms with E-state index in [-0.39, 0.29) is 11.8 Å². The molecule has 2 aromatic heterocycles. The predicted octanol–water partition coefficient (Wildman–Crippen LogP) is 3.04. The van der Waals surface area contributed by atoms with Crippen molar-refractivity contribution in [2.45, 2.75) is 0 Å². The number of anilines is 2. The highest BCUT2D eigenvalue weighted by molar-refractivity contribution is 7.14. The fourth-order valence-electron chi connectivity index (χ4n) is 2.98. The number of piperazine rings is 1. The van der Waals surface area contributed by atoms with Crippen molar-refractivity contribution < 1.29 is 9.18 Å². The summed E-state index contributed by atoms with van der Waals surface area (Å²) in [6.45, 7) is 2.63. The topological polar surface area (TPSA) is 66.3 Å². The third-order valence-corrected chi connectivity index (χ3v) is 5.41. The number of urea groups is 1. The Hall–Kier alpha value is -2.94. The van der Waals surface area contributed by atoms with Crippen LogP contribution in [0.15, 0.2) is 41.9 Å². The molecule has 3 heterocycles. The van der Waals surface area contributed by atoms with Crippen molar-refractivity contribution >= 4 is 28.3 Å². The first kappa shape index (κ1) is 17.5. The molecule has 1 N–H and O–H groups in total. The van der Waals surface area contributed by atoms with Crippen LogP contribution in [-0.4, -0.2) is 51.9 Å². The number of halogens is 1. The quantitative estimate of drug-likeness (QED) is 0.751. The summed E-state index contributed by atoms with van der Waals surface area (Å²) in [5, 5.41) is 9.74. The molecular formula is C18H19FN6OS. The number of hydrogen-bond donors (Lipinski definition) is 1. The third-order valence-electron chi connectivity index (χ3n) is 4.51. The van der Waals surface area contributed by atoms with Crippen LogP contribution in [0.5, 0.6) is 0 Å². The summed E-state index contributed by atoms with van der Waals surface area (Å²) in [6.07, 6.45) is 1.65. The van der Waals surface area contributed by atoms with Gasteiger partial charge in [-0.25, -0.2) is 14.2 Å². The lowest BCUT2D eigenvalue weighted by Crippen LogP contribution is -2.50. The molecular weight excluding hydrogens is 367 g/mol. The van der Waals surface area contributed by atoms with E-state index < -0.39 is 0 Å². The first-order valence-corrected chi connectivity index (χ1v) is 9.48. The van der Waals surface area contributed by atoms with Crippen LogP contribution in [-0.2, 0) is 7.05 Å². The highest BCUT2D eigenvalue weighted by atomic mass is 32.1. The van der Waals surface area contributed by atoms with Crippen molar-refractivity contribution in [3.05, 3.63) is 47.7 Å². The smallest absolute Gasteiger partial charge is 0.323 e. The lowest BCUT2D eigenvalue weighted by atomic mass is 10.2. The van der Waals surface area contributed by atoms with E-state index in [0.29, 0.717) is 32.0 Å². The highest BCUT2D eigenvalue weighted by Crippen LogP contribution is 2.28. The van der Waals surface area contributed by atoms with E-state index in [1.54, 1.807) is 35.0 Å². The summed E-state index contributed by atoms with van der Waals surface area (Å²) in [7, 11) is 1.78. The van der Waals surface area contributed by atoms with Gasteiger partial charge in [-0.1, -0.05) is 12.1 Å². The van der Waals surface area contributed by atoms with Gasteiger partial charge in [0.05, 0.1) is 11.9 Å². The Balaban J connectivity index is 1.37. The Morgan fingerprint density at radius 3 is 2.74 bits per heavy atom. The Morgan fingerprint density at radius 2 is 2.04 bits per heavy atom. The van der Waals surface area contributed by atoms with Gasteiger partial charge >= 0.3 is 6.03 Å². The van der Waals surface area contributed by atoms with Gasteiger partial charge in [0.15, 0.2) is 5.13 Å². The van der Waals surface area contributed by atoms with E-state index in [2.05, 4.69) is 20.3 Å². The summed E-state index contributed by atoms with van der Waals surface area (Å²) >= 11 is 1.53. The molecule has 4 rings (SSSR count). The fourth-order valence-corrected chi connectivity index (χ4v) is 3.86. The summed E-state index contributed by atoms with van der Waals surface area (Å²) in [5.74, 6) is 0.400. The summed E-state index contributed by atoms with van der Waals surface area (Å²) in [4.78, 5) is 21.0. The Kier molecular flexibility index (Phi) is 4.76. The molecule has 9 heteroatoms. The molecule has 1 saturated heterocycles. The van der Waals surface area contributed by atoms with Gasteiger partial charge in [0.25, 0.3) is 0 Å². The molecule has 140 valence electrons. The summed E-state index contributed by atoms with van der Waals surface area (Å²) in [6, 6.07) is 8.08. The number of amides is 2. The lowest BCUT2D eigenvalue weighted by Gasteiger charge is -2.34. The van der Waals surface area contributed by atoms with E-state index in [9.17, 15) is 9.18 Å². The fraction of sp³-hybridized carbons (Fsp3) is 0.278. The van der Waals surface area contributed by atoms with E-state index in [0.717, 1.165) is 16.4 Å². The maximum atomic E-state index is 13.4. The van der Waals surface area contributed by atoms with Gasteiger partial charge in [-0.3, -0.25) is 10.00 Å². The largest absolute Gasteiger partial charge is 0.345 e. The monoisotopic (exact) mass is 386 g/mol. The van der Waals surface area contributed by atoms with E-state index in [1.165, 1.54) is 23.5 Å². The van der Waals surface area contributed by atoms with Gasteiger partial charge in [0.2, 0.25) is 0 Å². The maximum Gasteiger partial charge on any atom is 0.323 e. The molecule has 1 aliphatic rings. The Labute approximate surface area is 160 Å². The van der Waals surface area contributed by atoms with Crippen molar-refractivity contribution in [1.82, 2.24) is 19.7 Å². The first-order chi connectivity index (χ1) is 13.1. The Morgan fingerprint density at radius 1 is 1.22 bits per heavy atom. The summed E-state index contributed by atoms with van der Waals surface area (Å²) in [5.41, 5.74) is 1.54. The van der Waals surface area contributed by atoms with Crippen LogP contribution in [0.1, 0.15) is 0 Å². The van der Waals surface area contributed by atoms with Gasteiger partial charge < -0.3 is 9.80 Å². The van der Waals surface area contributed by atoms with E-state index in [4.69, 9.17) is 0 Å². The van der Waals surface area contributed by atoms with Crippen LogP contribution in [0.25, 0.3) is 11.3 Å². The number of nitrogens with zero attached hydrogens (tertiary/aromatic N) is 5. The van der Waals surface area contributed by atoms with Crippen LogP contribution in [0.3, 0.4) is 0 Å². The normalized spacial score (nSPS) is 14.4. The second-order valence-electron chi connectivity index (χ2n) is 6.27. The molecule has 0 bridgehead atoms. The molecule has 1 aliphatic heterocycles. The van der Waals surface area contributed by atoms with E-state index >= 15 is 0 Å². The number of aromatic nitrogens is 3. The number of aryl methyl sites for hydroxylation is 1. The zero-order chi connectivity index (χ0) is 18.8. The maximum absolute atomic E-state index is 13.4. The number of hydrogen-bond acceptors (Lipinski definition) is 5. The minimum atomic E-state index is -0.268. The van der Waals surface area contributed by atoms with Gasteiger partial charge in [-0.15, -0.1) is 11.3 Å². The lowest BCUT2D eigenvalue weighted by molar-refractivity contribution is 0.208. The third kappa shape index (κ3) is 3.77. The Bertz CT molecular complexity index is 947. The standard InChI is InChI=1S/C18H19FN6OS/c1-23-16(5-6-20-23)22-17(26)24-7-9-25(10-8-24)18-21-15(12-27-18)13-3-2-4-14(19)11-13/h2-6,11-12H,7-10H2,1H3,(H,22,26). The molecule has 0 saturated carbocycles. The minimum absolute atomic E-state index is 0.127. The molecule has 1 fully saturated rings. The predicted molar refractivity (Wildman–Crippen MR) is 104 cm³/mol. The number of benzene rings is 1. The van der Waals surface area contributed by atoms with Gasteiger partial charge in [0, 0.05) is 50.2 Å². The van der Waals surface area contributed by atoms with Crippen LogP contribution in [0, 0.1) is 5.82 Å². The molecule has 0 unspecified atom stereocenters. The highest BCUT2D eigenvalue weighted by Gasteiger charge is 2.23. The molecule has 1 aromatic carbocycles. The van der Waals surface area contributed by atoms with Gasteiger partial charge in [-0.2, -0.15) is 5.10 Å². The average molecular weight is 386 g/mol. The summed E-state index contributed by atoms with van der Waals surface area (Å²) < 4.78 is 15.0. The zero-order valence-corrected chi connectivity index (χ0v) is 15.6. The van der Waals surface area contributed by atoms with Crippen LogP contribution in [0.2, 0.25) is 0 Å². The molecule has 0 atom stereocenters. The van der Waals surface area contributed by atoms with Gasteiger partial charge in [-0.05, 0) is 12.1 Å². The number of thiazole rings is 1. The second kappa shape index (κ2) is 7.36. The molecule has 27 heavy (non-hydrogen) atoms. The van der Waals surface area contributed by atoms with Crippen molar-refractivity contribution in [2.24, 2.45) is 7.05 Å². The number of carbonyl (C=O) groups is 1. The molecule has 0 radical (unpaired) electrons. The number of rotatable bonds is 3. The molecule has 2 amide bonds. The average Bonchev–Trinajstić information content (AvgIpc) is 3.32. The van der Waals surface area contributed by atoms with Crippen molar-refractivity contribution in [3.8, 4) is 11.3 Å². The second-order valence-corrected chi connectivity index (χ2v) is 7.11. The van der Waals surface area contributed by atoms with Gasteiger partial charge in [0.1, 0.15) is 11.6 Å². The van der Waals surface area contributed by atoms with Crippen LogP contribution in [0.4, 0.5) is 20.1 Å². The van der Waals surface area contributed by atoms with Crippen LogP contribution < -0.4 is 10.2 Å². The van der Waals surface area contributed by atoms with Crippen molar-refractivity contribution in [3.63, 3.8) is 0 Å². The SMILES string of the molecule is Cn1nccc1NC(=O)N1CCN(c2nc(-c3cccc(F)c3)cs2)CC1. The number of carbonyl (C=O) groups excluding carboxylic acids is 1. The van der Waals surface area contributed by atoms with Crippen LogP contribution >= 0.6 is 11.3 Å². The van der Waals surface area contributed by atoms with Crippen molar-refractivity contribution in [1.29, 1.82) is 0 Å². The molecule has 0 aliphatic carbocycles. The molecule has 0 spiro atoms. The minimum Gasteiger partial charge on any atom is -0.345 e. The molecule has 7 nitrogen and oxygen atoms in total. The van der Waals surface area contributed by atoms with E-state index in [1.807, 2.05) is 11.4 Å². The van der Waals surface area contributed by atoms with Crippen molar-refractivity contribution in [2.75, 3.05) is 36.4 Å².